The fourth-order valence-corrected chi connectivity index (χ4v) is 4.75. The first kappa shape index (κ1) is 12.4. The summed E-state index contributed by atoms with van der Waals surface area (Å²) in [6, 6.07) is 3.35. The molecule has 0 saturated carbocycles. The summed E-state index contributed by atoms with van der Waals surface area (Å²) >= 11 is 1.20. The van der Waals surface area contributed by atoms with E-state index >= 15 is 0 Å². The van der Waals surface area contributed by atoms with Crippen molar-refractivity contribution >= 4 is 22.6 Å². The highest BCUT2D eigenvalue weighted by Crippen LogP contribution is 2.23. The van der Waals surface area contributed by atoms with Gasteiger partial charge in [-0.1, -0.05) is 11.3 Å². The second-order valence-corrected chi connectivity index (χ2v) is 7.32. The monoisotopic (exact) mass is 296 g/mol. The van der Waals surface area contributed by atoms with E-state index in [2.05, 4.69) is 0 Å². The summed E-state index contributed by atoms with van der Waals surface area (Å²) in [4.78, 5) is 21.0. The fraction of sp³-hybridized carbons (Fsp3) is 0.583. The largest absolute Gasteiger partial charge is 0.324 e. The van der Waals surface area contributed by atoms with Crippen LogP contribution in [0.2, 0.25) is 0 Å². The van der Waals surface area contributed by atoms with E-state index < -0.39 is 0 Å². The second kappa shape index (κ2) is 4.32. The van der Waals surface area contributed by atoms with Crippen LogP contribution < -0.4 is 14.7 Å². The van der Waals surface area contributed by atoms with Crippen LogP contribution in [0, 0.1) is 10.1 Å². The number of thiophene rings is 1. The van der Waals surface area contributed by atoms with E-state index in [1.807, 2.05) is 6.21 Å². The van der Waals surface area contributed by atoms with E-state index in [0.29, 0.717) is 0 Å². The quantitative estimate of drug-likeness (QED) is 0.306. The molecule has 3 N–H and O–H groups in total. The number of rotatable bonds is 3. The van der Waals surface area contributed by atoms with Gasteiger partial charge >= 0.3 is 5.00 Å². The third-order valence-electron chi connectivity index (χ3n) is 4.50. The zero-order valence-electron chi connectivity index (χ0n) is 11.1. The highest BCUT2D eigenvalue weighted by atomic mass is 32.1. The van der Waals surface area contributed by atoms with Crippen molar-refractivity contribution in [1.29, 1.82) is 0 Å². The minimum Gasteiger partial charge on any atom is -0.267 e. The molecule has 0 spiro atoms. The van der Waals surface area contributed by atoms with Gasteiger partial charge in [-0.15, -0.1) is 0 Å². The summed E-state index contributed by atoms with van der Waals surface area (Å²) in [6.07, 6.45) is 1.85. The van der Waals surface area contributed by atoms with Gasteiger partial charge in [0.25, 0.3) is 0 Å². The molecule has 8 heteroatoms. The minimum atomic E-state index is -0.339. The third-order valence-corrected chi connectivity index (χ3v) is 5.47. The summed E-state index contributed by atoms with van der Waals surface area (Å²) in [5.41, 5.74) is 0.0491. The molecule has 0 atom stereocenters. The molecule has 4 bridgehead atoms. The zero-order chi connectivity index (χ0) is 13.7. The van der Waals surface area contributed by atoms with Crippen molar-refractivity contribution in [3.63, 3.8) is 0 Å². The number of hydrogen-bond acceptors (Lipinski definition) is 4. The molecule has 1 aromatic rings. The molecule has 0 amide bonds. The van der Waals surface area contributed by atoms with Crippen molar-refractivity contribution in [2.75, 3.05) is 39.6 Å². The van der Waals surface area contributed by atoms with Crippen molar-refractivity contribution in [2.45, 2.75) is 5.54 Å². The predicted molar refractivity (Wildman–Crippen MR) is 73.4 cm³/mol. The maximum absolute atomic E-state index is 10.7. The number of aliphatic imine (C=N–C) groups is 1. The molecule has 0 radical (unpaired) electrons. The van der Waals surface area contributed by atoms with Crippen LogP contribution in [-0.4, -0.2) is 56.3 Å². The molecule has 20 heavy (non-hydrogen) atoms. The van der Waals surface area contributed by atoms with Crippen LogP contribution in [0.4, 0.5) is 5.00 Å². The molecule has 4 aliphatic heterocycles. The number of nitro groups is 1. The summed E-state index contributed by atoms with van der Waals surface area (Å²) in [6.45, 7) is 7.03. The molecule has 4 aliphatic rings. The normalized spacial score (nSPS) is 38.7. The molecule has 0 unspecified atom stereocenters. The van der Waals surface area contributed by atoms with Crippen LogP contribution >= 0.6 is 11.3 Å². The van der Waals surface area contributed by atoms with Gasteiger partial charge in [0.2, 0.25) is 25.5 Å². The molecule has 4 fully saturated rings. The van der Waals surface area contributed by atoms with Crippen molar-refractivity contribution in [2.24, 2.45) is 4.99 Å². The number of nitrogens with one attached hydrogen (secondary N) is 3. The predicted octanol–water partition coefficient (Wildman–Crippen LogP) is -3.62. The standard InChI is InChI=1S/C12H15N5O2S/c18-17(19)11-2-1-10(20-11)3-13-12-4-14-7-15(5-12)9-16(6-12)8-14/h1-3H,4-9H2/p+3. The van der Waals surface area contributed by atoms with Crippen molar-refractivity contribution in [3.8, 4) is 0 Å². The molecule has 106 valence electrons. The van der Waals surface area contributed by atoms with Gasteiger partial charge in [-0.3, -0.25) is 15.1 Å². The Hall–Kier alpha value is -1.35. The molecule has 5 rings (SSSR count). The van der Waals surface area contributed by atoms with E-state index in [0.717, 1.165) is 24.5 Å². The highest BCUT2D eigenvalue weighted by molar-refractivity contribution is 7.16. The van der Waals surface area contributed by atoms with E-state index in [9.17, 15) is 10.1 Å². The molecule has 0 aromatic carbocycles. The summed E-state index contributed by atoms with van der Waals surface area (Å²) in [7, 11) is 0. The lowest BCUT2D eigenvalue weighted by Crippen LogP contribution is -3.56. The minimum absolute atomic E-state index is 0.0491. The Balaban J connectivity index is 1.55. The lowest BCUT2D eigenvalue weighted by molar-refractivity contribution is -1.29. The first-order chi connectivity index (χ1) is 9.62. The number of quaternary nitrogens is 3. The number of hydrogen-bond donors (Lipinski definition) is 3. The van der Waals surface area contributed by atoms with Crippen LogP contribution in [0.1, 0.15) is 4.88 Å². The molecule has 1 aromatic heterocycles. The highest BCUT2D eigenvalue weighted by Gasteiger charge is 2.57. The van der Waals surface area contributed by atoms with Gasteiger partial charge in [0.15, 0.2) is 0 Å². The van der Waals surface area contributed by atoms with Gasteiger partial charge < -0.3 is 0 Å². The number of nitrogens with zero attached hydrogens (tertiary/aromatic N) is 2. The van der Waals surface area contributed by atoms with Crippen LogP contribution in [-0.2, 0) is 0 Å². The summed E-state index contributed by atoms with van der Waals surface area (Å²) in [5.74, 6) is 0. The van der Waals surface area contributed by atoms with E-state index in [1.54, 1.807) is 26.8 Å². The lowest BCUT2D eigenvalue weighted by Gasteiger charge is -2.50. The van der Waals surface area contributed by atoms with E-state index in [1.165, 1.54) is 31.3 Å². The average Bonchev–Trinajstić information content (AvgIpc) is 2.84. The van der Waals surface area contributed by atoms with Crippen molar-refractivity contribution < 1.29 is 19.6 Å². The SMILES string of the molecule is O=[N+]([O-])c1ccc(C=NC23C[NH+]4C[NH+](C[NH+](C4)C2)C3)s1. The van der Waals surface area contributed by atoms with E-state index in [4.69, 9.17) is 4.99 Å². The first-order valence-electron chi connectivity index (χ1n) is 6.92. The van der Waals surface area contributed by atoms with Crippen molar-refractivity contribution in [3.05, 3.63) is 27.1 Å². The van der Waals surface area contributed by atoms with Gasteiger partial charge in [0.1, 0.15) is 19.6 Å². The molecular formula is C12H18N5O2S+3. The average molecular weight is 296 g/mol. The van der Waals surface area contributed by atoms with Crippen LogP contribution in [0.3, 0.4) is 0 Å². The molecule has 7 nitrogen and oxygen atoms in total. The second-order valence-electron chi connectivity index (χ2n) is 6.23. The van der Waals surface area contributed by atoms with E-state index in [-0.39, 0.29) is 15.5 Å². The van der Waals surface area contributed by atoms with Crippen LogP contribution in [0.5, 0.6) is 0 Å². The Kier molecular flexibility index (Phi) is 2.68. The maximum Gasteiger partial charge on any atom is 0.324 e. The maximum atomic E-state index is 10.7. The fourth-order valence-electron chi connectivity index (χ4n) is 4.05. The third kappa shape index (κ3) is 2.05. The van der Waals surface area contributed by atoms with Crippen LogP contribution in [0.25, 0.3) is 0 Å². The smallest absolute Gasteiger partial charge is 0.267 e. The van der Waals surface area contributed by atoms with Gasteiger partial charge in [-0.05, 0) is 6.07 Å². The molecule has 0 aliphatic carbocycles. The summed E-state index contributed by atoms with van der Waals surface area (Å²) < 4.78 is 0. The van der Waals surface area contributed by atoms with Gasteiger partial charge in [0.05, 0.1) is 9.80 Å². The molecule has 5 heterocycles. The Morgan fingerprint density at radius 1 is 1.20 bits per heavy atom. The molecule has 4 saturated heterocycles. The summed E-state index contributed by atoms with van der Waals surface area (Å²) in [5, 5.41) is 10.9. The molecular weight excluding hydrogens is 278 g/mol. The first-order valence-corrected chi connectivity index (χ1v) is 7.74. The van der Waals surface area contributed by atoms with Crippen molar-refractivity contribution in [1.82, 2.24) is 0 Å². The zero-order valence-corrected chi connectivity index (χ0v) is 11.9. The van der Waals surface area contributed by atoms with Gasteiger partial charge in [-0.2, -0.15) is 0 Å². The Labute approximate surface area is 120 Å². The van der Waals surface area contributed by atoms with Gasteiger partial charge in [-0.25, -0.2) is 14.7 Å². The van der Waals surface area contributed by atoms with Gasteiger partial charge in [0, 0.05) is 12.3 Å². The van der Waals surface area contributed by atoms with Crippen LogP contribution in [0.15, 0.2) is 17.1 Å². The topological polar surface area (TPSA) is 68.8 Å². The Morgan fingerprint density at radius 2 is 1.80 bits per heavy atom. The lowest BCUT2D eigenvalue weighted by atomic mass is 9.92. The Bertz CT molecular complexity index is 549. The Morgan fingerprint density at radius 3 is 2.30 bits per heavy atom.